The summed E-state index contributed by atoms with van der Waals surface area (Å²) in [5.41, 5.74) is -1.68. The number of carboxylic acid groups (broad SMARTS) is 1. The van der Waals surface area contributed by atoms with Crippen molar-refractivity contribution in [1.82, 2.24) is 19.8 Å². The van der Waals surface area contributed by atoms with Gasteiger partial charge in [-0.3, -0.25) is 9.69 Å². The first-order valence-electron chi connectivity index (χ1n) is 9.68. The van der Waals surface area contributed by atoms with Crippen LogP contribution in [0.1, 0.15) is 41.5 Å². The van der Waals surface area contributed by atoms with E-state index in [4.69, 9.17) is 4.74 Å². The van der Waals surface area contributed by atoms with Crippen LogP contribution in [0.25, 0.3) is 5.69 Å². The first-order chi connectivity index (χ1) is 15.6. The van der Waals surface area contributed by atoms with Gasteiger partial charge in [-0.25, -0.2) is 18.8 Å². The number of ether oxygens (including phenoxy) is 1. The molecular formula is C21H20FN5O6. The van der Waals surface area contributed by atoms with Crippen LogP contribution < -0.4 is 15.3 Å². The molecule has 33 heavy (non-hydrogen) atoms. The second kappa shape index (κ2) is 9.02. The standard InChI is InChI=1S/C21H20FN5O6/c1-11(2)25(13-8-9-17(33-4)15(10-13)19(29)30)20(31)27-21(32)26(23-24-27)18-14(12(3)28)6-5-7-16(18)22/h5-11H,1-4H3,(H,29,30). The smallest absolute Gasteiger partial charge is 0.377 e. The Hall–Kier alpha value is -4.35. The molecule has 0 bridgehead atoms. The van der Waals surface area contributed by atoms with E-state index in [1.54, 1.807) is 13.8 Å². The average molecular weight is 457 g/mol. The predicted molar refractivity (Wildman–Crippen MR) is 114 cm³/mol. The maximum atomic E-state index is 14.5. The minimum atomic E-state index is -1.27. The van der Waals surface area contributed by atoms with Crippen LogP contribution in [0.4, 0.5) is 14.9 Å². The highest BCUT2D eigenvalue weighted by Gasteiger charge is 2.28. The highest BCUT2D eigenvalue weighted by atomic mass is 19.1. The Morgan fingerprint density at radius 1 is 1.12 bits per heavy atom. The Labute approximate surface area is 186 Å². The number of methoxy groups -OCH3 is 1. The number of ketones is 1. The van der Waals surface area contributed by atoms with Gasteiger partial charge >= 0.3 is 17.7 Å². The van der Waals surface area contributed by atoms with E-state index >= 15 is 0 Å². The largest absolute Gasteiger partial charge is 0.496 e. The molecule has 0 aliphatic rings. The number of aromatic nitrogens is 4. The lowest BCUT2D eigenvalue weighted by Gasteiger charge is -2.26. The summed E-state index contributed by atoms with van der Waals surface area (Å²) in [7, 11) is 1.31. The molecule has 3 rings (SSSR count). The van der Waals surface area contributed by atoms with Crippen LogP contribution in [0.2, 0.25) is 0 Å². The van der Waals surface area contributed by atoms with E-state index in [9.17, 15) is 28.7 Å². The Balaban J connectivity index is 2.12. The first-order valence-corrected chi connectivity index (χ1v) is 9.68. The van der Waals surface area contributed by atoms with Gasteiger partial charge in [0.1, 0.15) is 22.8 Å². The molecule has 1 heterocycles. The zero-order chi connectivity index (χ0) is 24.4. The second-order valence-electron chi connectivity index (χ2n) is 7.21. The van der Waals surface area contributed by atoms with E-state index in [0.29, 0.717) is 9.36 Å². The third-order valence-corrected chi connectivity index (χ3v) is 4.75. The number of carbonyl (C=O) groups is 3. The SMILES string of the molecule is COc1ccc(N(C(=O)n2nnn(-c3c(F)cccc3C(C)=O)c2=O)C(C)C)cc1C(=O)O. The van der Waals surface area contributed by atoms with Crippen LogP contribution in [0.5, 0.6) is 5.75 Å². The number of anilines is 1. The highest BCUT2D eigenvalue weighted by Crippen LogP contribution is 2.27. The molecule has 0 aliphatic heterocycles. The van der Waals surface area contributed by atoms with Crippen molar-refractivity contribution < 1.29 is 28.6 Å². The van der Waals surface area contributed by atoms with Gasteiger partial charge in [0.05, 0.1) is 7.11 Å². The molecule has 11 nitrogen and oxygen atoms in total. The number of carboxylic acids is 1. The van der Waals surface area contributed by atoms with Crippen LogP contribution in [-0.4, -0.2) is 55.8 Å². The summed E-state index contributed by atoms with van der Waals surface area (Å²) in [4.78, 5) is 50.7. The van der Waals surface area contributed by atoms with Gasteiger partial charge in [0.2, 0.25) is 0 Å². The minimum Gasteiger partial charge on any atom is -0.496 e. The number of halogens is 1. The van der Waals surface area contributed by atoms with E-state index < -0.39 is 41.0 Å². The van der Waals surface area contributed by atoms with Crippen LogP contribution in [0.15, 0.2) is 41.2 Å². The molecule has 0 saturated carbocycles. The maximum Gasteiger partial charge on any atom is 0.377 e. The molecule has 3 aromatic rings. The fourth-order valence-corrected chi connectivity index (χ4v) is 3.27. The molecule has 1 aromatic heterocycles. The van der Waals surface area contributed by atoms with Crippen molar-refractivity contribution in [1.29, 1.82) is 0 Å². The minimum absolute atomic E-state index is 0.0850. The lowest BCUT2D eigenvalue weighted by atomic mass is 10.1. The molecule has 0 fully saturated rings. The summed E-state index contributed by atoms with van der Waals surface area (Å²) < 4.78 is 20.4. The fourth-order valence-electron chi connectivity index (χ4n) is 3.27. The van der Waals surface area contributed by atoms with Gasteiger partial charge in [0.25, 0.3) is 0 Å². The van der Waals surface area contributed by atoms with Crippen molar-refractivity contribution in [3.05, 3.63) is 63.8 Å². The van der Waals surface area contributed by atoms with Crippen LogP contribution in [-0.2, 0) is 0 Å². The van der Waals surface area contributed by atoms with Crippen molar-refractivity contribution in [2.45, 2.75) is 26.8 Å². The van der Waals surface area contributed by atoms with Gasteiger partial charge in [-0.15, -0.1) is 4.68 Å². The van der Waals surface area contributed by atoms with Gasteiger partial charge < -0.3 is 9.84 Å². The third-order valence-electron chi connectivity index (χ3n) is 4.75. The molecule has 0 unspecified atom stereocenters. The number of carbonyl (C=O) groups excluding carboxylic acids is 2. The van der Waals surface area contributed by atoms with Crippen molar-refractivity contribution in [2.75, 3.05) is 12.0 Å². The van der Waals surface area contributed by atoms with Gasteiger partial charge in [0.15, 0.2) is 5.78 Å². The van der Waals surface area contributed by atoms with Crippen molar-refractivity contribution >= 4 is 23.5 Å². The van der Waals surface area contributed by atoms with E-state index in [0.717, 1.165) is 11.0 Å². The molecule has 12 heteroatoms. The van der Waals surface area contributed by atoms with Crippen LogP contribution >= 0.6 is 0 Å². The molecule has 2 aromatic carbocycles. The van der Waals surface area contributed by atoms with Crippen molar-refractivity contribution in [2.24, 2.45) is 0 Å². The number of aromatic carboxylic acids is 1. The van der Waals surface area contributed by atoms with E-state index in [1.165, 1.54) is 44.4 Å². The summed E-state index contributed by atoms with van der Waals surface area (Å²) in [6.07, 6.45) is 0. The fraction of sp³-hybridized carbons (Fsp3) is 0.238. The van der Waals surface area contributed by atoms with Crippen LogP contribution in [0, 0.1) is 5.82 Å². The number of hydrogen-bond donors (Lipinski definition) is 1. The van der Waals surface area contributed by atoms with E-state index in [1.807, 2.05) is 0 Å². The molecule has 1 N–H and O–H groups in total. The zero-order valence-electron chi connectivity index (χ0n) is 18.1. The number of tetrazole rings is 1. The molecular weight excluding hydrogens is 437 g/mol. The number of Topliss-reactive ketones (excluding diaryl/α,β-unsaturated/α-hetero) is 1. The summed E-state index contributed by atoms with van der Waals surface area (Å²) in [5, 5.41) is 16.6. The zero-order valence-corrected chi connectivity index (χ0v) is 18.1. The number of rotatable bonds is 6. The summed E-state index contributed by atoms with van der Waals surface area (Å²) >= 11 is 0. The van der Waals surface area contributed by atoms with Gasteiger partial charge in [-0.1, -0.05) is 6.07 Å². The van der Waals surface area contributed by atoms with Gasteiger partial charge in [0, 0.05) is 17.3 Å². The predicted octanol–water partition coefficient (Wildman–Crippen LogP) is 2.36. The van der Waals surface area contributed by atoms with Gasteiger partial charge in [-0.05, 0) is 61.5 Å². The average Bonchev–Trinajstić information content (AvgIpc) is 3.14. The van der Waals surface area contributed by atoms with Crippen molar-refractivity contribution in [3.8, 4) is 11.4 Å². The Morgan fingerprint density at radius 2 is 1.82 bits per heavy atom. The molecule has 172 valence electrons. The van der Waals surface area contributed by atoms with Crippen molar-refractivity contribution in [3.63, 3.8) is 0 Å². The maximum absolute atomic E-state index is 14.5. The number of benzene rings is 2. The number of para-hydroxylation sites is 1. The number of nitrogens with zero attached hydrogens (tertiary/aromatic N) is 5. The topological polar surface area (TPSA) is 137 Å². The quantitative estimate of drug-likeness (QED) is 0.440. The molecule has 0 saturated heterocycles. The first kappa shape index (κ1) is 23.3. The Bertz CT molecular complexity index is 1310. The highest BCUT2D eigenvalue weighted by molar-refractivity contribution is 5.98. The number of amides is 1. The van der Waals surface area contributed by atoms with E-state index in [-0.39, 0.29) is 22.6 Å². The Kier molecular flexibility index (Phi) is 6.38. The summed E-state index contributed by atoms with van der Waals surface area (Å²) in [5.74, 6) is -2.60. The lowest BCUT2D eigenvalue weighted by molar-refractivity contribution is 0.0693. The normalized spacial score (nSPS) is 10.8. The Morgan fingerprint density at radius 3 is 2.39 bits per heavy atom. The van der Waals surface area contributed by atoms with Gasteiger partial charge in [-0.2, -0.15) is 4.68 Å². The third kappa shape index (κ3) is 4.22. The number of hydrogen-bond acceptors (Lipinski definition) is 7. The van der Waals surface area contributed by atoms with E-state index in [2.05, 4.69) is 10.4 Å². The summed E-state index contributed by atoms with van der Waals surface area (Å²) in [6.45, 7) is 4.48. The molecule has 0 aliphatic carbocycles. The summed E-state index contributed by atoms with van der Waals surface area (Å²) in [6, 6.07) is 6.22. The molecule has 0 atom stereocenters. The molecule has 0 spiro atoms. The van der Waals surface area contributed by atoms with Crippen LogP contribution in [0.3, 0.4) is 0 Å². The molecule has 1 amide bonds. The molecule has 0 radical (unpaired) electrons. The second-order valence-corrected chi connectivity index (χ2v) is 7.21. The monoisotopic (exact) mass is 457 g/mol. The lowest BCUT2D eigenvalue weighted by Crippen LogP contribution is -2.44.